The van der Waals surface area contributed by atoms with Gasteiger partial charge in [0.05, 0.1) is 31.0 Å². The van der Waals surface area contributed by atoms with Gasteiger partial charge in [-0.05, 0) is 22.6 Å². The van der Waals surface area contributed by atoms with E-state index in [0.29, 0.717) is 6.07 Å². The standard InChI is InChI=1S/C14H14F3N7O4/c1-24-12(21-22-23-24)20-11(25)8-2-3-10(14(15,16)17)19-9(8)6-27-5-7-4-18-13(26)28-7/h2-3,7H,4-6H2,1H3,(H,18,26)(H,20,21,23,25). The first-order valence-electron chi connectivity index (χ1n) is 7.87. The maximum Gasteiger partial charge on any atom is 0.433 e. The summed E-state index contributed by atoms with van der Waals surface area (Å²) in [6, 6.07) is 1.68. The highest BCUT2D eigenvalue weighted by atomic mass is 19.4. The molecule has 3 rings (SSSR count). The molecule has 14 heteroatoms. The molecule has 1 aliphatic rings. The van der Waals surface area contributed by atoms with Crippen molar-refractivity contribution in [3.8, 4) is 0 Å². The molecule has 3 heterocycles. The number of hydrogen-bond donors (Lipinski definition) is 2. The lowest BCUT2D eigenvalue weighted by Crippen LogP contribution is -2.22. The zero-order chi connectivity index (χ0) is 20.3. The fraction of sp³-hybridized carbons (Fsp3) is 0.429. The van der Waals surface area contributed by atoms with Crippen molar-refractivity contribution >= 4 is 17.9 Å². The first-order chi connectivity index (χ1) is 13.2. The van der Waals surface area contributed by atoms with Crippen LogP contribution in [0.4, 0.5) is 23.9 Å². The van der Waals surface area contributed by atoms with Gasteiger partial charge in [-0.25, -0.2) is 14.5 Å². The third kappa shape index (κ3) is 4.51. The SMILES string of the molecule is Cn1nnnc1NC(=O)c1ccc(C(F)(F)F)nc1COCC1CNC(=O)O1. The summed E-state index contributed by atoms with van der Waals surface area (Å²) >= 11 is 0. The number of cyclic esters (lactones) is 1. The van der Waals surface area contributed by atoms with E-state index in [1.165, 1.54) is 11.7 Å². The lowest BCUT2D eigenvalue weighted by atomic mass is 10.1. The van der Waals surface area contributed by atoms with E-state index in [1.807, 2.05) is 0 Å². The van der Waals surface area contributed by atoms with E-state index < -0.39 is 36.6 Å². The Morgan fingerprint density at radius 3 is 2.86 bits per heavy atom. The van der Waals surface area contributed by atoms with E-state index in [0.717, 1.165) is 6.07 Å². The van der Waals surface area contributed by atoms with Crippen molar-refractivity contribution in [1.29, 1.82) is 0 Å². The van der Waals surface area contributed by atoms with E-state index in [9.17, 15) is 22.8 Å². The summed E-state index contributed by atoms with van der Waals surface area (Å²) in [6.07, 6.45) is -5.88. The van der Waals surface area contributed by atoms with Crippen molar-refractivity contribution in [2.75, 3.05) is 18.5 Å². The van der Waals surface area contributed by atoms with E-state index in [-0.39, 0.29) is 30.4 Å². The van der Waals surface area contributed by atoms with Gasteiger partial charge in [-0.2, -0.15) is 13.2 Å². The fourth-order valence-corrected chi connectivity index (χ4v) is 2.29. The number of alkyl carbamates (subject to hydrolysis) is 1. The van der Waals surface area contributed by atoms with Crippen LogP contribution in [0.3, 0.4) is 0 Å². The number of nitrogens with one attached hydrogen (secondary N) is 2. The van der Waals surface area contributed by atoms with Crippen LogP contribution in [0.1, 0.15) is 21.7 Å². The highest BCUT2D eigenvalue weighted by Gasteiger charge is 2.33. The molecule has 150 valence electrons. The lowest BCUT2D eigenvalue weighted by Gasteiger charge is -2.14. The first kappa shape index (κ1) is 19.5. The number of alkyl halides is 3. The minimum Gasteiger partial charge on any atom is -0.442 e. The number of hydrogen-bond acceptors (Lipinski definition) is 8. The molecule has 1 saturated heterocycles. The average Bonchev–Trinajstić information content (AvgIpc) is 3.22. The highest BCUT2D eigenvalue weighted by molar-refractivity contribution is 6.04. The van der Waals surface area contributed by atoms with Crippen LogP contribution in [0.25, 0.3) is 0 Å². The highest BCUT2D eigenvalue weighted by Crippen LogP contribution is 2.28. The summed E-state index contributed by atoms with van der Waals surface area (Å²) in [4.78, 5) is 26.9. The van der Waals surface area contributed by atoms with Gasteiger partial charge in [0.1, 0.15) is 11.8 Å². The van der Waals surface area contributed by atoms with Gasteiger partial charge in [0.2, 0.25) is 5.95 Å². The molecule has 0 aromatic carbocycles. The second kappa shape index (κ2) is 7.75. The Balaban J connectivity index is 1.76. The molecule has 28 heavy (non-hydrogen) atoms. The van der Waals surface area contributed by atoms with Crippen LogP contribution in [0.15, 0.2) is 12.1 Å². The van der Waals surface area contributed by atoms with Crippen LogP contribution in [0.5, 0.6) is 0 Å². The second-order valence-electron chi connectivity index (χ2n) is 5.69. The Bertz CT molecular complexity index is 886. The van der Waals surface area contributed by atoms with Crippen molar-refractivity contribution < 1.29 is 32.2 Å². The molecule has 1 unspecified atom stereocenters. The lowest BCUT2D eigenvalue weighted by molar-refractivity contribution is -0.141. The zero-order valence-corrected chi connectivity index (χ0v) is 14.4. The molecule has 2 N–H and O–H groups in total. The number of carbonyl (C=O) groups is 2. The van der Waals surface area contributed by atoms with Crippen LogP contribution >= 0.6 is 0 Å². The number of aryl methyl sites for hydroxylation is 1. The average molecular weight is 401 g/mol. The third-order valence-electron chi connectivity index (χ3n) is 3.65. The monoisotopic (exact) mass is 401 g/mol. The zero-order valence-electron chi connectivity index (χ0n) is 14.4. The summed E-state index contributed by atoms with van der Waals surface area (Å²) in [5.74, 6) is -0.757. The predicted molar refractivity (Wildman–Crippen MR) is 83.9 cm³/mol. The maximum absolute atomic E-state index is 13.0. The topological polar surface area (TPSA) is 133 Å². The summed E-state index contributed by atoms with van der Waals surface area (Å²) in [5, 5.41) is 15.2. The van der Waals surface area contributed by atoms with Gasteiger partial charge >= 0.3 is 12.3 Å². The Labute approximate surface area is 155 Å². The summed E-state index contributed by atoms with van der Waals surface area (Å²) in [6.45, 7) is -0.274. The number of rotatable bonds is 6. The molecule has 2 amide bonds. The molecule has 1 aliphatic heterocycles. The third-order valence-corrected chi connectivity index (χ3v) is 3.65. The van der Waals surface area contributed by atoms with E-state index >= 15 is 0 Å². The van der Waals surface area contributed by atoms with E-state index in [2.05, 4.69) is 31.1 Å². The molecule has 1 fully saturated rings. The van der Waals surface area contributed by atoms with Crippen LogP contribution in [-0.4, -0.2) is 56.4 Å². The van der Waals surface area contributed by atoms with E-state index in [4.69, 9.17) is 9.47 Å². The molecule has 1 atom stereocenters. The molecule has 0 aliphatic carbocycles. The first-order valence-corrected chi connectivity index (χ1v) is 7.87. The van der Waals surface area contributed by atoms with Gasteiger partial charge in [0.25, 0.3) is 5.91 Å². The number of aromatic nitrogens is 5. The van der Waals surface area contributed by atoms with Gasteiger partial charge in [0.15, 0.2) is 0 Å². The largest absolute Gasteiger partial charge is 0.442 e. The van der Waals surface area contributed by atoms with Gasteiger partial charge in [-0.3, -0.25) is 10.1 Å². The van der Waals surface area contributed by atoms with Gasteiger partial charge in [-0.1, -0.05) is 5.10 Å². The fourth-order valence-electron chi connectivity index (χ4n) is 2.29. The van der Waals surface area contributed by atoms with Crippen molar-refractivity contribution in [3.63, 3.8) is 0 Å². The second-order valence-corrected chi connectivity index (χ2v) is 5.69. The number of tetrazole rings is 1. The minimum absolute atomic E-state index is 0.000656. The Kier molecular flexibility index (Phi) is 5.39. The minimum atomic E-state index is -4.69. The number of nitrogens with zero attached hydrogens (tertiary/aromatic N) is 5. The van der Waals surface area contributed by atoms with Crippen LogP contribution in [-0.2, 0) is 29.3 Å². The molecule has 0 radical (unpaired) electrons. The van der Waals surface area contributed by atoms with Crippen molar-refractivity contribution in [3.05, 3.63) is 29.1 Å². The Hall–Kier alpha value is -3.29. The summed E-state index contributed by atoms with van der Waals surface area (Å²) < 4.78 is 50.2. The van der Waals surface area contributed by atoms with E-state index in [1.54, 1.807) is 0 Å². The maximum atomic E-state index is 13.0. The molecule has 0 bridgehead atoms. The van der Waals surface area contributed by atoms with Crippen molar-refractivity contribution in [2.24, 2.45) is 7.05 Å². The number of ether oxygens (including phenoxy) is 2. The van der Waals surface area contributed by atoms with Gasteiger partial charge < -0.3 is 14.8 Å². The number of amides is 2. The number of pyridine rings is 1. The van der Waals surface area contributed by atoms with Crippen LogP contribution in [0, 0.1) is 0 Å². The molecule has 0 spiro atoms. The van der Waals surface area contributed by atoms with Gasteiger partial charge in [-0.15, -0.1) is 0 Å². The molecule has 0 saturated carbocycles. The molecule has 2 aromatic heterocycles. The number of carbonyl (C=O) groups excluding carboxylic acids is 2. The number of halogens is 3. The Morgan fingerprint density at radius 1 is 1.46 bits per heavy atom. The smallest absolute Gasteiger partial charge is 0.433 e. The molecular weight excluding hydrogens is 387 g/mol. The quantitative estimate of drug-likeness (QED) is 0.715. The molecule has 2 aromatic rings. The van der Waals surface area contributed by atoms with Gasteiger partial charge in [0, 0.05) is 7.05 Å². The Morgan fingerprint density at radius 2 is 2.25 bits per heavy atom. The normalized spacial score (nSPS) is 16.6. The van der Waals surface area contributed by atoms with Crippen LogP contribution in [0.2, 0.25) is 0 Å². The molecular formula is C14H14F3N7O4. The van der Waals surface area contributed by atoms with Crippen LogP contribution < -0.4 is 10.6 Å². The number of anilines is 1. The summed E-state index contributed by atoms with van der Waals surface area (Å²) in [5.41, 5.74) is -1.55. The van der Waals surface area contributed by atoms with Crippen molar-refractivity contribution in [1.82, 2.24) is 30.5 Å². The van der Waals surface area contributed by atoms with Crippen molar-refractivity contribution in [2.45, 2.75) is 18.9 Å². The summed E-state index contributed by atoms with van der Waals surface area (Å²) in [7, 11) is 1.47. The molecule has 11 nitrogen and oxygen atoms in total. The predicted octanol–water partition coefficient (Wildman–Crippen LogP) is 0.501.